The highest BCUT2D eigenvalue weighted by Gasteiger charge is 2.33. The Kier molecular flexibility index (Phi) is 4.14. The third-order valence-electron chi connectivity index (χ3n) is 3.93. The third-order valence-corrected chi connectivity index (χ3v) is 3.93. The van der Waals surface area contributed by atoms with Gasteiger partial charge in [-0.25, -0.2) is 0 Å². The van der Waals surface area contributed by atoms with Crippen molar-refractivity contribution < 1.29 is 4.74 Å². The Balaban J connectivity index is 1.73. The average Bonchev–Trinajstić information content (AvgIpc) is 3.33. The van der Waals surface area contributed by atoms with Crippen LogP contribution in [0.3, 0.4) is 0 Å². The number of nitrogens with zero attached hydrogens (tertiary/aromatic N) is 1. The monoisotopic (exact) mass is 267 g/mol. The highest BCUT2D eigenvalue weighted by molar-refractivity contribution is 5.17. The maximum absolute atomic E-state index is 5.48. The van der Waals surface area contributed by atoms with E-state index in [1.165, 1.54) is 11.1 Å². The fraction of sp³-hybridized carbons (Fsp3) is 0.333. The molecule has 0 N–H and O–H groups in total. The lowest BCUT2D eigenvalue weighted by Gasteiger charge is -2.28. The maximum Gasteiger partial charge on any atom is 0.0962 e. The summed E-state index contributed by atoms with van der Waals surface area (Å²) in [7, 11) is 0. The minimum Gasteiger partial charge on any atom is -0.371 e. The second kappa shape index (κ2) is 6.21. The number of hydrogen-bond donors (Lipinski definition) is 0. The molecule has 2 aromatic carbocycles. The molecular weight excluding hydrogens is 246 g/mol. The van der Waals surface area contributed by atoms with Crippen molar-refractivity contribution in [2.24, 2.45) is 0 Å². The molecule has 0 amide bonds. The van der Waals surface area contributed by atoms with E-state index in [-0.39, 0.29) is 0 Å². The summed E-state index contributed by atoms with van der Waals surface area (Å²) in [6, 6.07) is 21.8. The first-order valence-electron chi connectivity index (χ1n) is 7.26. The van der Waals surface area contributed by atoms with Gasteiger partial charge in [-0.1, -0.05) is 60.7 Å². The Morgan fingerprint density at radius 2 is 1.40 bits per heavy atom. The number of ether oxygens (including phenoxy) is 1. The lowest BCUT2D eigenvalue weighted by Crippen LogP contribution is -2.36. The molecule has 0 bridgehead atoms. The zero-order valence-corrected chi connectivity index (χ0v) is 11.9. The summed E-state index contributed by atoms with van der Waals surface area (Å²) < 4.78 is 5.48. The van der Waals surface area contributed by atoms with Gasteiger partial charge in [0.25, 0.3) is 0 Å². The van der Waals surface area contributed by atoms with Crippen molar-refractivity contribution in [3.05, 3.63) is 71.8 Å². The molecule has 20 heavy (non-hydrogen) atoms. The number of epoxide rings is 1. The molecule has 2 aromatic rings. The Bertz CT molecular complexity index is 480. The first-order valence-corrected chi connectivity index (χ1v) is 7.26. The van der Waals surface area contributed by atoms with E-state index in [9.17, 15) is 0 Å². The molecule has 0 saturated carbocycles. The van der Waals surface area contributed by atoms with Crippen LogP contribution in [-0.2, 0) is 17.8 Å². The Morgan fingerprint density at radius 3 is 1.80 bits per heavy atom. The van der Waals surface area contributed by atoms with Crippen LogP contribution in [0, 0.1) is 0 Å². The fourth-order valence-electron chi connectivity index (χ4n) is 2.55. The fourth-order valence-corrected chi connectivity index (χ4v) is 2.55. The molecular formula is C18H21NO. The lowest BCUT2D eigenvalue weighted by atomic mass is 10.1. The first kappa shape index (κ1) is 13.3. The van der Waals surface area contributed by atoms with Crippen molar-refractivity contribution >= 4 is 0 Å². The number of benzene rings is 2. The second-order valence-electron chi connectivity index (χ2n) is 5.49. The van der Waals surface area contributed by atoms with Crippen molar-refractivity contribution in [1.82, 2.24) is 4.90 Å². The summed E-state index contributed by atoms with van der Waals surface area (Å²) in [4.78, 5) is 2.50. The van der Waals surface area contributed by atoms with E-state index in [4.69, 9.17) is 4.74 Å². The minimum absolute atomic E-state index is 0.405. The minimum atomic E-state index is 0.405. The Labute approximate surface area is 121 Å². The second-order valence-corrected chi connectivity index (χ2v) is 5.49. The summed E-state index contributed by atoms with van der Waals surface area (Å²) in [5, 5.41) is 0. The van der Waals surface area contributed by atoms with Crippen LogP contribution < -0.4 is 0 Å². The van der Waals surface area contributed by atoms with Gasteiger partial charge in [-0.15, -0.1) is 0 Å². The van der Waals surface area contributed by atoms with Crippen molar-refractivity contribution in [3.8, 4) is 0 Å². The van der Waals surface area contributed by atoms with Crippen molar-refractivity contribution in [1.29, 1.82) is 0 Å². The van der Waals surface area contributed by atoms with E-state index in [2.05, 4.69) is 72.5 Å². The number of hydrogen-bond acceptors (Lipinski definition) is 2. The van der Waals surface area contributed by atoms with E-state index < -0.39 is 0 Å². The highest BCUT2D eigenvalue weighted by atomic mass is 16.6. The molecule has 1 aliphatic heterocycles. The highest BCUT2D eigenvalue weighted by Crippen LogP contribution is 2.22. The SMILES string of the molecule is C[C@H]([C@H]1CO1)N(Cc1ccccc1)Cc1ccccc1. The van der Waals surface area contributed by atoms with Gasteiger partial charge < -0.3 is 4.74 Å². The summed E-state index contributed by atoms with van der Waals surface area (Å²) in [6.45, 7) is 5.11. The maximum atomic E-state index is 5.48. The van der Waals surface area contributed by atoms with E-state index in [1.54, 1.807) is 0 Å². The summed E-state index contributed by atoms with van der Waals surface area (Å²) in [5.41, 5.74) is 2.71. The van der Waals surface area contributed by atoms with Gasteiger partial charge in [0.2, 0.25) is 0 Å². The summed E-state index contributed by atoms with van der Waals surface area (Å²) >= 11 is 0. The van der Waals surface area contributed by atoms with Gasteiger partial charge in [-0.05, 0) is 18.1 Å². The molecule has 0 aliphatic carbocycles. The molecule has 2 heteroatoms. The van der Waals surface area contributed by atoms with Crippen LogP contribution in [0.15, 0.2) is 60.7 Å². The van der Waals surface area contributed by atoms with Crippen molar-refractivity contribution in [3.63, 3.8) is 0 Å². The van der Waals surface area contributed by atoms with E-state index >= 15 is 0 Å². The first-order chi connectivity index (χ1) is 9.83. The summed E-state index contributed by atoms with van der Waals surface area (Å²) in [6.07, 6.45) is 0.405. The summed E-state index contributed by atoms with van der Waals surface area (Å²) in [5.74, 6) is 0. The van der Waals surface area contributed by atoms with Gasteiger partial charge >= 0.3 is 0 Å². The van der Waals surface area contributed by atoms with E-state index in [0.29, 0.717) is 12.1 Å². The van der Waals surface area contributed by atoms with Crippen LogP contribution in [0.1, 0.15) is 18.1 Å². The van der Waals surface area contributed by atoms with Gasteiger partial charge in [-0.2, -0.15) is 0 Å². The van der Waals surface area contributed by atoms with E-state index in [1.807, 2.05) is 0 Å². The standard InChI is InChI=1S/C18H21NO/c1-15(18-14-20-18)19(12-16-8-4-2-5-9-16)13-17-10-6-3-7-11-17/h2-11,15,18H,12-14H2,1H3/t15-,18-/m1/s1. The van der Waals surface area contributed by atoms with Crippen LogP contribution in [0.25, 0.3) is 0 Å². The molecule has 2 nitrogen and oxygen atoms in total. The molecule has 2 atom stereocenters. The molecule has 1 saturated heterocycles. The quantitative estimate of drug-likeness (QED) is 0.745. The molecule has 0 aromatic heterocycles. The lowest BCUT2D eigenvalue weighted by molar-refractivity contribution is 0.157. The molecule has 1 fully saturated rings. The van der Waals surface area contributed by atoms with Crippen molar-refractivity contribution in [2.45, 2.75) is 32.2 Å². The van der Waals surface area contributed by atoms with Gasteiger partial charge in [0, 0.05) is 19.1 Å². The molecule has 1 aliphatic rings. The molecule has 0 unspecified atom stereocenters. The largest absolute Gasteiger partial charge is 0.371 e. The van der Waals surface area contributed by atoms with E-state index in [0.717, 1.165) is 19.7 Å². The third kappa shape index (κ3) is 3.47. The van der Waals surface area contributed by atoms with Gasteiger partial charge in [-0.3, -0.25) is 4.90 Å². The van der Waals surface area contributed by atoms with Crippen LogP contribution in [0.2, 0.25) is 0 Å². The predicted molar refractivity (Wildman–Crippen MR) is 81.3 cm³/mol. The Morgan fingerprint density at radius 1 is 0.950 bits per heavy atom. The topological polar surface area (TPSA) is 15.8 Å². The van der Waals surface area contributed by atoms with Gasteiger partial charge in [0.15, 0.2) is 0 Å². The van der Waals surface area contributed by atoms with Crippen LogP contribution >= 0.6 is 0 Å². The average molecular weight is 267 g/mol. The zero-order chi connectivity index (χ0) is 13.8. The molecule has 104 valence electrons. The van der Waals surface area contributed by atoms with Crippen LogP contribution in [-0.4, -0.2) is 23.7 Å². The predicted octanol–water partition coefficient (Wildman–Crippen LogP) is 3.48. The molecule has 3 rings (SSSR count). The van der Waals surface area contributed by atoms with Crippen molar-refractivity contribution in [2.75, 3.05) is 6.61 Å². The number of rotatable bonds is 6. The van der Waals surface area contributed by atoms with Gasteiger partial charge in [0.1, 0.15) is 0 Å². The zero-order valence-electron chi connectivity index (χ0n) is 11.9. The van der Waals surface area contributed by atoms with Crippen LogP contribution in [0.4, 0.5) is 0 Å². The molecule has 1 heterocycles. The Hall–Kier alpha value is -1.64. The normalized spacial score (nSPS) is 19.0. The molecule has 0 radical (unpaired) electrons. The van der Waals surface area contributed by atoms with Gasteiger partial charge in [0.05, 0.1) is 12.7 Å². The smallest absolute Gasteiger partial charge is 0.0962 e. The molecule has 0 spiro atoms. The van der Waals surface area contributed by atoms with Crippen LogP contribution in [0.5, 0.6) is 0 Å².